The second-order valence-electron chi connectivity index (χ2n) is 7.43. The summed E-state index contributed by atoms with van der Waals surface area (Å²) in [5.74, 6) is 0.349. The third kappa shape index (κ3) is 5.86. The number of esters is 1. The average molecular weight is 457 g/mol. The van der Waals surface area contributed by atoms with Gasteiger partial charge in [-0.3, -0.25) is 4.79 Å². The Morgan fingerprint density at radius 3 is 2.26 bits per heavy atom. The number of nitrogens with one attached hydrogen (secondary N) is 2. The van der Waals surface area contributed by atoms with Crippen molar-refractivity contribution in [1.29, 1.82) is 0 Å². The van der Waals surface area contributed by atoms with Crippen molar-refractivity contribution in [3.63, 3.8) is 0 Å². The lowest BCUT2D eigenvalue weighted by atomic mass is 10.1. The molecule has 4 rings (SSSR count). The Kier molecular flexibility index (Phi) is 7.29. The van der Waals surface area contributed by atoms with Gasteiger partial charge in [-0.05, 0) is 42.3 Å². The maximum atomic E-state index is 12.8. The maximum Gasteiger partial charge on any atom is 0.320 e. The maximum absolute atomic E-state index is 12.8. The van der Waals surface area contributed by atoms with Crippen molar-refractivity contribution in [2.24, 2.45) is 0 Å². The molecule has 0 bridgehead atoms. The van der Waals surface area contributed by atoms with Crippen LogP contribution in [0.2, 0.25) is 0 Å². The largest absolute Gasteiger partial charge is 0.466 e. The van der Waals surface area contributed by atoms with Crippen molar-refractivity contribution in [3.05, 3.63) is 102 Å². The molecule has 1 heterocycles. The summed E-state index contributed by atoms with van der Waals surface area (Å²) >= 11 is 0. The first-order chi connectivity index (χ1) is 16.6. The summed E-state index contributed by atoms with van der Waals surface area (Å²) in [6.45, 7) is 2.11. The number of rotatable bonds is 8. The number of amides is 2. The molecule has 0 unspecified atom stereocenters. The Hall–Kier alpha value is -4.46. The Labute approximate surface area is 197 Å². The zero-order valence-electron chi connectivity index (χ0n) is 18.6. The standard InChI is InChI=1S/C26H24N4O4/c1-2-33-22(31)17-18-13-15-21(16-14-18)27-26(32)28-23(19-9-5-3-6-10-19)25-30-29-24(34-25)20-11-7-4-8-12-20/h3-16,23H,2,17H2,1H3,(H2,27,28,32)/t23-/m0/s1. The quantitative estimate of drug-likeness (QED) is 0.371. The number of anilines is 1. The number of nitrogens with zero attached hydrogens (tertiary/aromatic N) is 2. The van der Waals surface area contributed by atoms with Gasteiger partial charge in [-0.2, -0.15) is 0 Å². The molecule has 0 saturated carbocycles. The van der Waals surface area contributed by atoms with Crippen molar-refractivity contribution < 1.29 is 18.7 Å². The van der Waals surface area contributed by atoms with Crippen molar-refractivity contribution >= 4 is 17.7 Å². The molecule has 0 aliphatic rings. The second-order valence-corrected chi connectivity index (χ2v) is 7.43. The summed E-state index contributed by atoms with van der Waals surface area (Å²) < 4.78 is 10.9. The minimum Gasteiger partial charge on any atom is -0.466 e. The lowest BCUT2D eigenvalue weighted by Crippen LogP contribution is -2.33. The lowest BCUT2D eigenvalue weighted by Gasteiger charge is -2.16. The first-order valence-electron chi connectivity index (χ1n) is 10.9. The van der Waals surface area contributed by atoms with E-state index in [2.05, 4.69) is 20.8 Å². The second kappa shape index (κ2) is 10.9. The van der Waals surface area contributed by atoms with Crippen LogP contribution in [0.5, 0.6) is 0 Å². The van der Waals surface area contributed by atoms with Crippen LogP contribution in [0.3, 0.4) is 0 Å². The number of carbonyl (C=O) groups is 2. The number of benzene rings is 3. The summed E-state index contributed by atoms with van der Waals surface area (Å²) in [5.41, 5.74) is 2.96. The van der Waals surface area contributed by atoms with Gasteiger partial charge in [0.2, 0.25) is 11.8 Å². The van der Waals surface area contributed by atoms with Crippen molar-refractivity contribution in [2.45, 2.75) is 19.4 Å². The molecule has 2 amide bonds. The van der Waals surface area contributed by atoms with E-state index >= 15 is 0 Å². The molecule has 0 saturated heterocycles. The van der Waals surface area contributed by atoms with E-state index in [1.165, 1.54) is 0 Å². The Morgan fingerprint density at radius 2 is 1.59 bits per heavy atom. The summed E-state index contributed by atoms with van der Waals surface area (Å²) in [4.78, 5) is 24.4. The van der Waals surface area contributed by atoms with E-state index in [0.29, 0.717) is 18.2 Å². The molecule has 0 aliphatic heterocycles. The number of aromatic nitrogens is 2. The minimum atomic E-state index is -0.644. The molecule has 0 fully saturated rings. The molecule has 0 radical (unpaired) electrons. The Balaban J connectivity index is 1.48. The van der Waals surface area contributed by atoms with E-state index in [0.717, 1.165) is 16.7 Å². The molecule has 0 aliphatic carbocycles. The Bertz CT molecular complexity index is 1220. The topological polar surface area (TPSA) is 106 Å². The van der Waals surface area contributed by atoms with Crippen LogP contribution in [-0.2, 0) is 16.0 Å². The fourth-order valence-corrected chi connectivity index (χ4v) is 3.36. The summed E-state index contributed by atoms with van der Waals surface area (Å²) in [6, 6.07) is 24.7. The number of urea groups is 1. The van der Waals surface area contributed by atoms with Gasteiger partial charge in [0, 0.05) is 11.3 Å². The van der Waals surface area contributed by atoms with Crippen LogP contribution in [0.15, 0.2) is 89.3 Å². The first kappa shape index (κ1) is 22.7. The van der Waals surface area contributed by atoms with E-state index in [9.17, 15) is 9.59 Å². The first-order valence-corrected chi connectivity index (χ1v) is 10.9. The van der Waals surface area contributed by atoms with Crippen molar-refractivity contribution in [1.82, 2.24) is 15.5 Å². The van der Waals surface area contributed by atoms with Crippen LogP contribution in [0.25, 0.3) is 11.5 Å². The third-order valence-corrected chi connectivity index (χ3v) is 4.98. The van der Waals surface area contributed by atoms with E-state index in [-0.39, 0.29) is 18.3 Å². The zero-order chi connectivity index (χ0) is 23.8. The summed E-state index contributed by atoms with van der Waals surface area (Å²) in [5, 5.41) is 14.0. The summed E-state index contributed by atoms with van der Waals surface area (Å²) in [7, 11) is 0. The van der Waals surface area contributed by atoms with Crippen LogP contribution in [0.1, 0.15) is 30.0 Å². The van der Waals surface area contributed by atoms with Gasteiger partial charge in [-0.25, -0.2) is 4.79 Å². The summed E-state index contributed by atoms with van der Waals surface area (Å²) in [6.07, 6.45) is 0.178. The van der Waals surface area contributed by atoms with Crippen molar-refractivity contribution in [3.8, 4) is 11.5 Å². The molecule has 34 heavy (non-hydrogen) atoms. The Morgan fingerprint density at radius 1 is 0.912 bits per heavy atom. The number of hydrogen-bond acceptors (Lipinski definition) is 6. The highest BCUT2D eigenvalue weighted by atomic mass is 16.5. The third-order valence-electron chi connectivity index (χ3n) is 4.98. The molecule has 1 aromatic heterocycles. The van der Waals surface area contributed by atoms with E-state index in [1.807, 2.05) is 60.7 Å². The smallest absolute Gasteiger partial charge is 0.320 e. The van der Waals surface area contributed by atoms with Gasteiger partial charge in [0.1, 0.15) is 6.04 Å². The fraction of sp³-hybridized carbons (Fsp3) is 0.154. The van der Waals surface area contributed by atoms with Crippen LogP contribution in [0, 0.1) is 0 Å². The number of carbonyl (C=O) groups excluding carboxylic acids is 2. The molecule has 0 spiro atoms. The lowest BCUT2D eigenvalue weighted by molar-refractivity contribution is -0.142. The van der Waals surface area contributed by atoms with Gasteiger partial charge in [-0.1, -0.05) is 60.7 Å². The molecular formula is C26H24N4O4. The molecule has 4 aromatic rings. The predicted molar refractivity (Wildman–Crippen MR) is 127 cm³/mol. The van der Waals surface area contributed by atoms with Gasteiger partial charge in [0.05, 0.1) is 13.0 Å². The van der Waals surface area contributed by atoms with Gasteiger partial charge in [0.15, 0.2) is 0 Å². The average Bonchev–Trinajstić information content (AvgIpc) is 3.35. The fourth-order valence-electron chi connectivity index (χ4n) is 3.36. The molecule has 8 nitrogen and oxygen atoms in total. The highest BCUT2D eigenvalue weighted by Gasteiger charge is 2.23. The van der Waals surface area contributed by atoms with Crippen LogP contribution >= 0.6 is 0 Å². The molecule has 172 valence electrons. The van der Waals surface area contributed by atoms with Crippen LogP contribution in [-0.4, -0.2) is 28.8 Å². The van der Waals surface area contributed by atoms with Gasteiger partial charge in [0.25, 0.3) is 0 Å². The molecule has 2 N–H and O–H groups in total. The highest BCUT2D eigenvalue weighted by Crippen LogP contribution is 2.25. The number of ether oxygens (including phenoxy) is 1. The normalized spacial score (nSPS) is 11.4. The molecule has 3 aromatic carbocycles. The van der Waals surface area contributed by atoms with E-state index in [4.69, 9.17) is 9.15 Å². The predicted octanol–water partition coefficient (Wildman–Crippen LogP) is 4.75. The van der Waals surface area contributed by atoms with Gasteiger partial charge >= 0.3 is 12.0 Å². The van der Waals surface area contributed by atoms with E-state index in [1.54, 1.807) is 31.2 Å². The van der Waals surface area contributed by atoms with E-state index < -0.39 is 12.1 Å². The number of hydrogen-bond donors (Lipinski definition) is 2. The van der Waals surface area contributed by atoms with Gasteiger partial charge < -0.3 is 19.8 Å². The monoisotopic (exact) mass is 456 g/mol. The SMILES string of the molecule is CCOC(=O)Cc1ccc(NC(=O)N[C@@H](c2ccccc2)c2nnc(-c3ccccc3)o2)cc1. The molecule has 8 heteroatoms. The minimum absolute atomic E-state index is 0.178. The molecular weight excluding hydrogens is 432 g/mol. The zero-order valence-corrected chi connectivity index (χ0v) is 18.6. The van der Waals surface area contributed by atoms with Gasteiger partial charge in [-0.15, -0.1) is 10.2 Å². The van der Waals surface area contributed by atoms with Crippen LogP contribution < -0.4 is 10.6 Å². The van der Waals surface area contributed by atoms with Crippen LogP contribution in [0.4, 0.5) is 10.5 Å². The highest BCUT2D eigenvalue weighted by molar-refractivity contribution is 5.89. The van der Waals surface area contributed by atoms with Crippen molar-refractivity contribution in [2.75, 3.05) is 11.9 Å². The molecule has 1 atom stereocenters.